The fourth-order valence-electron chi connectivity index (χ4n) is 12.7. The third-order valence-electron chi connectivity index (χ3n) is 20.2. The summed E-state index contributed by atoms with van der Waals surface area (Å²) < 4.78 is 13.2. The number of benzene rings is 5. The summed E-state index contributed by atoms with van der Waals surface area (Å²) in [6.07, 6.45) is 16.4. The number of rotatable bonds is 15. The maximum atomic E-state index is 13.2. The number of nitrogens with zero attached hydrogens (tertiary/aromatic N) is 25. The molecule has 5 aromatic carbocycles. The number of aromatic hydroxyl groups is 1. The van der Waals surface area contributed by atoms with Crippen LogP contribution < -0.4 is 32.9 Å². The summed E-state index contributed by atoms with van der Waals surface area (Å²) >= 11 is 33.4. The Labute approximate surface area is 753 Å². The number of nitrogens with one attached hydrogen (secondary N) is 5. The van der Waals surface area contributed by atoms with E-state index in [0.29, 0.717) is 59.0 Å². The molecule has 8 N–H and O–H groups in total. The molecule has 10 aromatic rings. The van der Waals surface area contributed by atoms with Crippen molar-refractivity contribution in [1.82, 2.24) is 127 Å². The zero-order chi connectivity index (χ0) is 87.4. The maximum absolute atomic E-state index is 13.2. The zero-order valence-corrected chi connectivity index (χ0v) is 74.3. The Hall–Kier alpha value is -12.1. The molecule has 5 aliphatic heterocycles. The number of nitrogen functional groups attached to an aromatic ring is 1. The van der Waals surface area contributed by atoms with Crippen molar-refractivity contribution in [2.24, 2.45) is 25.5 Å². The highest BCUT2D eigenvalue weighted by Gasteiger charge is 2.24. The van der Waals surface area contributed by atoms with Gasteiger partial charge in [0, 0.05) is 197 Å². The van der Waals surface area contributed by atoms with Gasteiger partial charge in [-0.25, -0.2) is 4.39 Å². The van der Waals surface area contributed by atoms with Crippen LogP contribution in [0.25, 0.3) is 0 Å². The first-order valence-corrected chi connectivity index (χ1v) is 42.3. The third-order valence-corrected chi connectivity index (χ3v) is 22.2. The van der Waals surface area contributed by atoms with Crippen LogP contribution in [0.2, 0.25) is 5.02 Å². The summed E-state index contributed by atoms with van der Waals surface area (Å²) in [5.74, 6) is -0.151. The van der Waals surface area contributed by atoms with Gasteiger partial charge in [-0.15, -0.1) is 0 Å². The fraction of sp³-hybridized carbons (Fsp3) is 0.294. The predicted molar refractivity (Wildman–Crippen MR) is 506 cm³/mol. The lowest BCUT2D eigenvalue weighted by Gasteiger charge is -2.33. The second-order valence-corrected chi connectivity index (χ2v) is 31.3. The van der Waals surface area contributed by atoms with Gasteiger partial charge < -0.3 is 59.8 Å². The average Bonchev–Trinajstić information content (AvgIpc) is 0.827. The van der Waals surface area contributed by atoms with Crippen molar-refractivity contribution >= 4 is 132 Å². The van der Waals surface area contributed by atoms with Gasteiger partial charge in [0.25, 0.3) is 0 Å². The van der Waals surface area contributed by atoms with Gasteiger partial charge >= 0.3 is 0 Å². The molecular formula is C85H99ClFN31OS5. The van der Waals surface area contributed by atoms with E-state index in [2.05, 4.69) is 188 Å². The second kappa shape index (κ2) is 48.7. The van der Waals surface area contributed by atoms with E-state index < -0.39 is 0 Å². The summed E-state index contributed by atoms with van der Waals surface area (Å²) in [5.41, 5.74) is 33.4. The number of halogens is 2. The summed E-state index contributed by atoms with van der Waals surface area (Å²) in [7, 11) is 10.5. The van der Waals surface area contributed by atoms with Crippen molar-refractivity contribution in [3.63, 3.8) is 0 Å². The molecule has 5 aliphatic rings. The summed E-state index contributed by atoms with van der Waals surface area (Å²) in [4.78, 5) is 21.9. The monoisotopic (exact) mass is 1780 g/mol. The average molecular weight is 1790 g/mol. The minimum atomic E-state index is -0.295. The minimum absolute atomic E-state index is 0.144. The van der Waals surface area contributed by atoms with Gasteiger partial charge in [-0.05, 0) is 181 Å². The molecule has 5 saturated heterocycles. The number of hydrazone groups is 5. The van der Waals surface area contributed by atoms with Crippen LogP contribution in [0.4, 0.5) is 10.1 Å². The van der Waals surface area contributed by atoms with E-state index in [1.807, 2.05) is 103 Å². The number of para-hydroxylation sites is 2. The first-order chi connectivity index (χ1) is 60.3. The van der Waals surface area contributed by atoms with Crippen LogP contribution in [0.15, 0.2) is 245 Å². The molecular weight excluding hydrogens is 1690 g/mol. The van der Waals surface area contributed by atoms with Crippen molar-refractivity contribution in [2.45, 2.75) is 0 Å². The first kappa shape index (κ1) is 92.6. The summed E-state index contributed by atoms with van der Waals surface area (Å²) in [5, 5.41) is 75.2. The highest BCUT2D eigenvalue weighted by molar-refractivity contribution is 7.81. The van der Waals surface area contributed by atoms with Crippen LogP contribution in [0, 0.1) is 5.82 Å². The standard InChI is InChI=1S/C17H19ClN6S.C17H19FN6S.C17H21N7S.C17H20N6OS.C17H20N6S/c2*1-23-8-10-24(11-9-23)17(25)22-21-16(14-6-7-19-20-12-14)13-2-4-15(18)5-3-13;1-23-8-10-24(11-9-23)17(25)22-21-16(13-6-7-19-20-12-13)14-4-2-3-5-15(14)18;1-22-8-10-23(11-9-22)17(25)21-20-16(13-6-7-18-19-12-13)14-4-2-3-5-15(14)24;1-22-9-11-23(12-10-22)17(24)21-20-16(14-5-3-2-4-6-14)15-7-8-18-19-13-15/h2*2-7,12H,8-11H2,1H3,(H,22,25);2-7,12H,8-11,18H2,1H3,(H,22,25);2-7,12,24H,8-11H2,1H3,(H,21,25);2-8,13H,9-12H2,1H3,(H,21,24)/b2*21-16-;21-16+;20-16+;20-16-. The largest absolute Gasteiger partial charge is 0.507 e. The van der Waals surface area contributed by atoms with Gasteiger partial charge in [0.2, 0.25) is 0 Å². The lowest BCUT2D eigenvalue weighted by molar-refractivity contribution is 0.214. The van der Waals surface area contributed by atoms with Gasteiger partial charge in [-0.2, -0.15) is 76.5 Å². The quantitative estimate of drug-likeness (QED) is 0.0239. The second-order valence-electron chi connectivity index (χ2n) is 29.0. The SMILES string of the molecule is CN1CCN(C(=S)N/N=C(/c2ccc(Cl)cc2)c2ccnnc2)CC1.CN1CCN(C(=S)N/N=C(/c2ccc(F)cc2)c2ccnnc2)CC1.CN1CCN(C(=S)N/N=C(/c2ccccc2)c2ccnnc2)CC1.CN1CCN(C(=S)N/N=C(\c2ccnnc2)c2ccccc2N)CC1.CN1CCN(C(=S)N/N=C(\c2ccnnc2)c2ccccc2O)CC1. The van der Waals surface area contributed by atoms with Gasteiger partial charge in [0.1, 0.15) is 23.0 Å². The van der Waals surface area contributed by atoms with Crippen molar-refractivity contribution in [3.05, 3.63) is 286 Å². The molecule has 32 nitrogen and oxygen atoms in total. The molecule has 644 valence electrons. The number of nitrogens with two attached hydrogens (primary N) is 1. The van der Waals surface area contributed by atoms with Crippen LogP contribution in [0.5, 0.6) is 5.75 Å². The molecule has 0 amide bonds. The van der Waals surface area contributed by atoms with E-state index in [0.717, 1.165) is 192 Å². The minimum Gasteiger partial charge on any atom is -0.507 e. The van der Waals surface area contributed by atoms with E-state index in [1.54, 1.807) is 104 Å². The predicted octanol–water partition coefficient (Wildman–Crippen LogP) is 6.83. The molecule has 124 heavy (non-hydrogen) atoms. The van der Waals surface area contributed by atoms with Crippen molar-refractivity contribution in [1.29, 1.82) is 0 Å². The number of anilines is 1. The zero-order valence-electron chi connectivity index (χ0n) is 69.4. The molecule has 10 heterocycles. The van der Waals surface area contributed by atoms with E-state index in [1.165, 1.54) is 12.1 Å². The van der Waals surface area contributed by atoms with Gasteiger partial charge in [-0.1, -0.05) is 84.4 Å². The summed E-state index contributed by atoms with van der Waals surface area (Å²) in [6.45, 7) is 18.6. The fourth-order valence-corrected chi connectivity index (χ4v) is 14.0. The molecule has 15 rings (SSSR count). The topological polar surface area (TPSA) is 329 Å². The number of hydrogen-bond acceptors (Lipinski definition) is 27. The van der Waals surface area contributed by atoms with Gasteiger partial charge in [0.15, 0.2) is 25.6 Å². The summed E-state index contributed by atoms with van der Waals surface area (Å²) in [6, 6.07) is 47.4. The molecule has 0 aliphatic carbocycles. The molecule has 0 saturated carbocycles. The molecule has 5 fully saturated rings. The van der Waals surface area contributed by atoms with Crippen LogP contribution in [0.1, 0.15) is 55.6 Å². The number of hydrogen-bond donors (Lipinski definition) is 7. The van der Waals surface area contributed by atoms with E-state index in [-0.39, 0.29) is 11.6 Å². The van der Waals surface area contributed by atoms with Crippen LogP contribution in [0.3, 0.4) is 0 Å². The lowest BCUT2D eigenvalue weighted by Crippen LogP contribution is -2.49. The molecule has 0 radical (unpaired) electrons. The number of thiocarbonyl (C=S) groups is 5. The van der Waals surface area contributed by atoms with Gasteiger partial charge in [-0.3, -0.25) is 27.1 Å². The highest BCUT2D eigenvalue weighted by atomic mass is 35.5. The number of likely N-dealkylation sites (N-methyl/N-ethyl adjacent to an activating group) is 5. The first-order valence-electron chi connectivity index (χ1n) is 39.9. The molecule has 0 atom stereocenters. The molecule has 0 bridgehead atoms. The molecule has 0 unspecified atom stereocenters. The number of aromatic nitrogens is 10. The molecule has 0 spiro atoms. The Morgan fingerprint density at radius 3 is 0.847 bits per heavy atom. The Morgan fingerprint density at radius 1 is 0.306 bits per heavy atom. The lowest BCUT2D eigenvalue weighted by atomic mass is 10.0. The Kier molecular flexibility index (Phi) is 36.4. The normalized spacial score (nSPS) is 15.9. The maximum Gasteiger partial charge on any atom is 0.189 e. The van der Waals surface area contributed by atoms with E-state index in [4.69, 9.17) is 78.4 Å². The van der Waals surface area contributed by atoms with E-state index >= 15 is 0 Å². The smallest absolute Gasteiger partial charge is 0.189 e. The Bertz CT molecular complexity index is 4900. The van der Waals surface area contributed by atoms with Crippen molar-refractivity contribution < 1.29 is 9.50 Å². The van der Waals surface area contributed by atoms with Crippen molar-refractivity contribution in [2.75, 3.05) is 172 Å². The third kappa shape index (κ3) is 28.8. The number of phenols is 1. The number of phenolic OH excluding ortho intramolecular Hbond substituents is 1. The molecule has 5 aromatic heterocycles. The van der Waals surface area contributed by atoms with Crippen molar-refractivity contribution in [3.8, 4) is 5.75 Å². The van der Waals surface area contributed by atoms with E-state index in [9.17, 15) is 9.50 Å². The van der Waals surface area contributed by atoms with Crippen LogP contribution in [-0.2, 0) is 0 Å². The van der Waals surface area contributed by atoms with Crippen LogP contribution >= 0.6 is 72.7 Å². The van der Waals surface area contributed by atoms with Gasteiger partial charge in [0.05, 0.1) is 79.1 Å². The molecule has 39 heteroatoms. The Balaban J connectivity index is 0.000000151. The Morgan fingerprint density at radius 2 is 0.556 bits per heavy atom. The van der Waals surface area contributed by atoms with Crippen LogP contribution in [-0.4, -0.2) is 325 Å². The number of piperazine rings is 5. The highest BCUT2D eigenvalue weighted by Crippen LogP contribution is 2.22.